The van der Waals surface area contributed by atoms with Gasteiger partial charge in [-0.25, -0.2) is 29.9 Å². The van der Waals surface area contributed by atoms with E-state index in [1.54, 1.807) is 10.9 Å². The van der Waals surface area contributed by atoms with Gasteiger partial charge in [-0.3, -0.25) is 4.68 Å². The first-order chi connectivity index (χ1) is 24.7. The molecule has 0 saturated carbocycles. The van der Waals surface area contributed by atoms with E-state index in [4.69, 9.17) is 14.8 Å². The molecular weight excluding hydrogens is 818 g/mol. The average Bonchev–Trinajstić information content (AvgIpc) is 3.73. The minimum absolute atomic E-state index is 0. The molecular formula is C40H25N9OPt. The molecule has 0 N–H and O–H groups in total. The van der Waals surface area contributed by atoms with Crippen LogP contribution in [0.5, 0.6) is 11.5 Å². The topological polar surface area (TPSA) is 109 Å². The Kier molecular flexibility index (Phi) is 8.43. The molecule has 0 aliphatic heterocycles. The molecule has 10 nitrogen and oxygen atoms in total. The van der Waals surface area contributed by atoms with Gasteiger partial charge in [-0.05, 0) is 53.4 Å². The van der Waals surface area contributed by atoms with E-state index >= 15 is 0 Å². The van der Waals surface area contributed by atoms with Gasteiger partial charge in [0, 0.05) is 35.0 Å². The molecule has 5 aromatic heterocycles. The third-order valence-electron chi connectivity index (χ3n) is 8.37. The number of hydrogen-bond acceptors (Lipinski definition) is 8. The number of rotatable bonds is 7. The third kappa shape index (κ3) is 5.85. The van der Waals surface area contributed by atoms with Crippen LogP contribution in [0.1, 0.15) is 5.56 Å². The van der Waals surface area contributed by atoms with Gasteiger partial charge >= 0.3 is 21.1 Å². The smallest absolute Gasteiger partial charge is 0.509 e. The summed E-state index contributed by atoms with van der Waals surface area (Å²) in [5.41, 5.74) is 7.37. The number of nitrogens with zero attached hydrogens (tertiary/aromatic N) is 9. The van der Waals surface area contributed by atoms with Gasteiger partial charge in [-0.1, -0.05) is 54.0 Å². The number of pyridine rings is 1. The van der Waals surface area contributed by atoms with E-state index < -0.39 is 0 Å². The largest absolute Gasteiger partial charge is 2.00 e. The zero-order valence-electron chi connectivity index (χ0n) is 27.0. The zero-order chi connectivity index (χ0) is 33.4. The van der Waals surface area contributed by atoms with Gasteiger partial charge in [0.05, 0.1) is 11.4 Å². The molecule has 11 heteroatoms. The van der Waals surface area contributed by atoms with Crippen LogP contribution in [0.4, 0.5) is 0 Å². The first-order valence-corrected chi connectivity index (χ1v) is 15.9. The molecule has 0 fully saturated rings. The van der Waals surface area contributed by atoms with Gasteiger partial charge in [-0.15, -0.1) is 35.7 Å². The monoisotopic (exact) mass is 842 g/mol. The number of para-hydroxylation sites is 1. The summed E-state index contributed by atoms with van der Waals surface area (Å²) in [6.07, 6.45) is 7.97. The first-order valence-electron chi connectivity index (χ1n) is 15.9. The third-order valence-corrected chi connectivity index (χ3v) is 8.37. The minimum atomic E-state index is 0. The van der Waals surface area contributed by atoms with Crippen LogP contribution in [0.3, 0.4) is 0 Å². The van der Waals surface area contributed by atoms with Crippen LogP contribution >= 0.6 is 0 Å². The van der Waals surface area contributed by atoms with Crippen molar-refractivity contribution < 1.29 is 25.8 Å². The minimum Gasteiger partial charge on any atom is -0.509 e. The first kappa shape index (κ1) is 31.9. The second kappa shape index (κ2) is 13.5. The molecule has 9 aromatic rings. The summed E-state index contributed by atoms with van der Waals surface area (Å²) in [4.78, 5) is 26.4. The molecule has 0 bridgehead atoms. The summed E-state index contributed by atoms with van der Waals surface area (Å²) in [5.74, 6) is 2.27. The van der Waals surface area contributed by atoms with Crippen molar-refractivity contribution in [2.75, 3.05) is 0 Å². The number of hydrogen-bond donors (Lipinski definition) is 0. The number of ether oxygens (including phenoxy) is 1. The zero-order valence-corrected chi connectivity index (χ0v) is 29.2. The molecule has 246 valence electrons. The molecule has 0 aliphatic carbocycles. The summed E-state index contributed by atoms with van der Waals surface area (Å²) in [6, 6.07) is 40.8. The fraction of sp³-hybridized carbons (Fsp3) is 0.0250. The van der Waals surface area contributed by atoms with Gasteiger partial charge in [-0.2, -0.15) is 17.2 Å². The predicted molar refractivity (Wildman–Crippen MR) is 190 cm³/mol. The van der Waals surface area contributed by atoms with Crippen LogP contribution in [0.25, 0.3) is 67.3 Å². The van der Waals surface area contributed by atoms with E-state index in [1.165, 1.54) is 19.0 Å². The van der Waals surface area contributed by atoms with Gasteiger partial charge < -0.3 is 9.30 Å². The van der Waals surface area contributed by atoms with Crippen molar-refractivity contribution in [3.05, 3.63) is 152 Å². The molecule has 9 rings (SSSR count). The van der Waals surface area contributed by atoms with E-state index in [1.807, 2.05) is 85.1 Å². The molecule has 0 unspecified atom stereocenters. The van der Waals surface area contributed by atoms with Crippen LogP contribution in [-0.2, 0) is 21.1 Å². The van der Waals surface area contributed by atoms with Crippen molar-refractivity contribution in [2.45, 2.75) is 6.92 Å². The van der Waals surface area contributed by atoms with Crippen LogP contribution in [0.2, 0.25) is 0 Å². The second-order valence-corrected chi connectivity index (χ2v) is 11.5. The van der Waals surface area contributed by atoms with E-state index in [2.05, 4.69) is 72.8 Å². The van der Waals surface area contributed by atoms with E-state index in [-0.39, 0.29) is 21.1 Å². The van der Waals surface area contributed by atoms with Crippen molar-refractivity contribution >= 4 is 21.8 Å². The molecule has 5 heterocycles. The van der Waals surface area contributed by atoms with Crippen LogP contribution < -0.4 is 4.74 Å². The Labute approximate surface area is 306 Å². The number of fused-ring (bicyclic) bond motifs is 3. The maximum absolute atomic E-state index is 6.47. The van der Waals surface area contributed by atoms with Crippen LogP contribution in [0, 0.1) is 19.1 Å². The molecule has 4 aromatic carbocycles. The summed E-state index contributed by atoms with van der Waals surface area (Å²) >= 11 is 0. The van der Waals surface area contributed by atoms with Gasteiger partial charge in [0.15, 0.2) is 5.82 Å². The Bertz CT molecular complexity index is 2640. The maximum Gasteiger partial charge on any atom is 2.00 e. The maximum atomic E-state index is 6.47. The van der Waals surface area contributed by atoms with E-state index in [9.17, 15) is 0 Å². The quantitative estimate of drug-likeness (QED) is 0.149. The fourth-order valence-corrected chi connectivity index (χ4v) is 6.21. The predicted octanol–water partition coefficient (Wildman–Crippen LogP) is 8.04. The Balaban J connectivity index is 0.00000374. The fourth-order valence-electron chi connectivity index (χ4n) is 6.21. The van der Waals surface area contributed by atoms with Gasteiger partial charge in [0.25, 0.3) is 0 Å². The molecule has 0 amide bonds. The molecule has 0 atom stereocenters. The molecule has 51 heavy (non-hydrogen) atoms. The summed E-state index contributed by atoms with van der Waals surface area (Å²) < 4.78 is 10.4. The van der Waals surface area contributed by atoms with Crippen molar-refractivity contribution in [3.63, 3.8) is 0 Å². The number of aryl methyl sites for hydroxylation is 1. The Hall–Kier alpha value is -6.38. The SMILES string of the molecule is Cc1ccnc(-n2c3[c-]c(Oc4[c-]c(-n5nc(-c6ncncn6)c(-c6ccccc6)c5-c5ccncn5)ccc4)ccc3c3ccccc32)c1.[Pt+2]. The molecule has 0 saturated heterocycles. The number of benzene rings is 4. The van der Waals surface area contributed by atoms with Crippen molar-refractivity contribution in [1.82, 2.24) is 44.3 Å². The van der Waals surface area contributed by atoms with Crippen molar-refractivity contribution in [3.8, 4) is 57.0 Å². The number of aromatic nitrogens is 9. The summed E-state index contributed by atoms with van der Waals surface area (Å²) in [5, 5.41) is 7.23. The summed E-state index contributed by atoms with van der Waals surface area (Å²) in [7, 11) is 0. The van der Waals surface area contributed by atoms with Crippen molar-refractivity contribution in [2.24, 2.45) is 0 Å². The molecule has 0 spiro atoms. The van der Waals surface area contributed by atoms with Gasteiger partial charge in [0.2, 0.25) is 0 Å². The molecule has 0 radical (unpaired) electrons. The normalized spacial score (nSPS) is 11.1. The molecule has 0 aliphatic rings. The average molecular weight is 843 g/mol. The summed E-state index contributed by atoms with van der Waals surface area (Å²) in [6.45, 7) is 2.06. The Morgan fingerprint density at radius 3 is 2.29 bits per heavy atom. The van der Waals surface area contributed by atoms with E-state index in [0.717, 1.165) is 50.0 Å². The van der Waals surface area contributed by atoms with E-state index in [0.29, 0.717) is 34.4 Å². The Morgan fingerprint density at radius 2 is 1.47 bits per heavy atom. The van der Waals surface area contributed by atoms with Crippen LogP contribution in [0.15, 0.2) is 135 Å². The second-order valence-electron chi connectivity index (χ2n) is 11.5. The standard InChI is InChI=1S/C40H25N9O.Pt/c1-26-16-19-43-36(20-26)48-34-13-6-5-12-31(34)32-15-14-30(22-35(32)48)50-29-11-7-10-28(21-29)49-39(33-17-18-41-23-44-33)37(27-8-3-2-4-9-27)38(47-49)40-45-24-42-25-46-40;/h2-20,23-25H,1H3;/q-2;+2. The van der Waals surface area contributed by atoms with Crippen LogP contribution in [-0.4, -0.2) is 44.3 Å². The Morgan fingerprint density at radius 1 is 0.667 bits per heavy atom. The van der Waals surface area contributed by atoms with Gasteiger partial charge in [0.1, 0.15) is 30.5 Å². The van der Waals surface area contributed by atoms with Crippen molar-refractivity contribution in [1.29, 1.82) is 0 Å².